The summed E-state index contributed by atoms with van der Waals surface area (Å²) in [6, 6.07) is 18.5. The van der Waals surface area contributed by atoms with Gasteiger partial charge in [-0.05, 0) is 29.8 Å². The Balaban J connectivity index is 2.29. The molecule has 1 unspecified atom stereocenters. The Bertz CT molecular complexity index is 612. The van der Waals surface area contributed by atoms with Crippen molar-refractivity contribution < 1.29 is 9.53 Å². The number of nitrogens with zero attached hydrogens (tertiary/aromatic N) is 1. The summed E-state index contributed by atoms with van der Waals surface area (Å²) in [4.78, 5) is 12.5. The normalized spacial score (nSPS) is 11.4. The van der Waals surface area contributed by atoms with Gasteiger partial charge in [-0.3, -0.25) is 4.79 Å². The molecule has 20 heavy (non-hydrogen) atoms. The lowest BCUT2D eigenvalue weighted by atomic mass is 9.88. The zero-order valence-electron chi connectivity index (χ0n) is 11.2. The molecule has 0 spiro atoms. The lowest BCUT2D eigenvalue weighted by Gasteiger charge is -2.13. The number of methoxy groups -OCH3 is 1. The van der Waals surface area contributed by atoms with Crippen LogP contribution in [-0.2, 0) is 0 Å². The molecule has 2 aromatic carbocycles. The van der Waals surface area contributed by atoms with Crippen LogP contribution in [0.15, 0.2) is 54.6 Å². The van der Waals surface area contributed by atoms with Gasteiger partial charge in [0.1, 0.15) is 5.75 Å². The van der Waals surface area contributed by atoms with Gasteiger partial charge in [0.25, 0.3) is 0 Å². The highest BCUT2D eigenvalue weighted by molar-refractivity contribution is 6.01. The average Bonchev–Trinajstić information content (AvgIpc) is 2.53. The Morgan fingerprint density at radius 1 is 1.15 bits per heavy atom. The minimum Gasteiger partial charge on any atom is -0.497 e. The van der Waals surface area contributed by atoms with E-state index in [0.717, 1.165) is 5.56 Å². The van der Waals surface area contributed by atoms with Crippen molar-refractivity contribution in [3.8, 4) is 11.8 Å². The van der Waals surface area contributed by atoms with Gasteiger partial charge in [0.2, 0.25) is 0 Å². The van der Waals surface area contributed by atoms with Crippen LogP contribution in [0.2, 0.25) is 0 Å². The number of ketones is 1. The molecular formula is C17H15NO2. The summed E-state index contributed by atoms with van der Waals surface area (Å²) < 4.78 is 5.08. The van der Waals surface area contributed by atoms with Gasteiger partial charge in [-0.1, -0.05) is 30.3 Å². The number of Topliss-reactive ketones (excluding diaryl/α,β-unsaturated/α-hetero) is 1. The summed E-state index contributed by atoms with van der Waals surface area (Å²) in [6.45, 7) is 0. The van der Waals surface area contributed by atoms with Crippen LogP contribution in [0.5, 0.6) is 5.75 Å². The molecule has 0 aliphatic heterocycles. The quantitative estimate of drug-likeness (QED) is 0.776. The van der Waals surface area contributed by atoms with Crippen LogP contribution in [0.3, 0.4) is 0 Å². The van der Waals surface area contributed by atoms with E-state index in [9.17, 15) is 4.79 Å². The summed E-state index contributed by atoms with van der Waals surface area (Å²) >= 11 is 0. The third-order valence-corrected chi connectivity index (χ3v) is 3.19. The minimum absolute atomic E-state index is 0.0413. The fraction of sp³-hybridized carbons (Fsp3) is 0.176. The highest BCUT2D eigenvalue weighted by Crippen LogP contribution is 2.25. The summed E-state index contributed by atoms with van der Waals surface area (Å²) in [7, 11) is 1.58. The lowest BCUT2D eigenvalue weighted by molar-refractivity contribution is 0.0960. The van der Waals surface area contributed by atoms with Crippen molar-refractivity contribution in [2.75, 3.05) is 7.11 Å². The Morgan fingerprint density at radius 2 is 1.80 bits per heavy atom. The number of rotatable bonds is 5. The molecule has 0 fully saturated rings. The number of carbonyl (C=O) groups is 1. The van der Waals surface area contributed by atoms with E-state index in [0.29, 0.717) is 11.3 Å². The maximum atomic E-state index is 12.5. The van der Waals surface area contributed by atoms with E-state index >= 15 is 0 Å². The van der Waals surface area contributed by atoms with E-state index in [4.69, 9.17) is 10.00 Å². The molecule has 2 rings (SSSR count). The molecule has 0 N–H and O–H groups in total. The zero-order chi connectivity index (χ0) is 14.4. The number of ether oxygens (including phenoxy) is 1. The molecule has 0 bridgehead atoms. The molecule has 100 valence electrons. The summed E-state index contributed by atoms with van der Waals surface area (Å²) in [5.41, 5.74) is 1.46. The van der Waals surface area contributed by atoms with Crippen LogP contribution >= 0.6 is 0 Å². The van der Waals surface area contributed by atoms with Gasteiger partial charge in [0, 0.05) is 12.0 Å². The summed E-state index contributed by atoms with van der Waals surface area (Å²) in [6.07, 6.45) is 0.175. The molecule has 0 aliphatic carbocycles. The number of hydrogen-bond donors (Lipinski definition) is 0. The molecule has 0 heterocycles. The second kappa shape index (κ2) is 6.53. The number of nitriles is 1. The van der Waals surface area contributed by atoms with Crippen molar-refractivity contribution in [1.29, 1.82) is 5.26 Å². The molecule has 2 aromatic rings. The molecule has 1 atom stereocenters. The van der Waals surface area contributed by atoms with E-state index in [1.807, 2.05) is 30.3 Å². The molecule has 0 aromatic heterocycles. The first-order valence-corrected chi connectivity index (χ1v) is 6.36. The topological polar surface area (TPSA) is 50.1 Å². The fourth-order valence-corrected chi connectivity index (χ4v) is 2.10. The predicted molar refractivity (Wildman–Crippen MR) is 76.7 cm³/mol. The second-order valence-corrected chi connectivity index (χ2v) is 4.42. The van der Waals surface area contributed by atoms with Crippen LogP contribution in [0.1, 0.15) is 28.3 Å². The van der Waals surface area contributed by atoms with Crippen LogP contribution in [0, 0.1) is 11.3 Å². The zero-order valence-corrected chi connectivity index (χ0v) is 11.2. The summed E-state index contributed by atoms with van der Waals surface area (Å²) in [5, 5.41) is 8.95. The molecular weight excluding hydrogens is 250 g/mol. The molecule has 0 saturated heterocycles. The smallest absolute Gasteiger partial charge is 0.171 e. The molecule has 0 aliphatic rings. The van der Waals surface area contributed by atoms with Gasteiger partial charge >= 0.3 is 0 Å². The lowest BCUT2D eigenvalue weighted by Crippen LogP contribution is -2.12. The first-order valence-electron chi connectivity index (χ1n) is 6.36. The van der Waals surface area contributed by atoms with Crippen molar-refractivity contribution in [1.82, 2.24) is 0 Å². The van der Waals surface area contributed by atoms with Crippen LogP contribution in [-0.4, -0.2) is 12.9 Å². The Hall–Kier alpha value is -2.60. The molecule has 0 amide bonds. The highest BCUT2D eigenvalue weighted by atomic mass is 16.5. The van der Waals surface area contributed by atoms with Gasteiger partial charge in [0.15, 0.2) is 5.78 Å². The molecule has 3 nitrogen and oxygen atoms in total. The van der Waals surface area contributed by atoms with Crippen LogP contribution in [0.25, 0.3) is 0 Å². The summed E-state index contributed by atoms with van der Waals surface area (Å²) in [5.74, 6) is 0.244. The van der Waals surface area contributed by atoms with E-state index in [1.165, 1.54) is 0 Å². The first-order chi connectivity index (χ1) is 9.76. The highest BCUT2D eigenvalue weighted by Gasteiger charge is 2.21. The minimum atomic E-state index is -0.422. The molecule has 0 radical (unpaired) electrons. The number of hydrogen-bond acceptors (Lipinski definition) is 3. The van der Waals surface area contributed by atoms with Crippen molar-refractivity contribution >= 4 is 5.78 Å². The standard InChI is InChI=1S/C17H15NO2/c1-20-15-9-7-14(8-10-15)17(19)16(11-12-18)13-5-3-2-4-6-13/h2-10,16H,11H2,1H3. The van der Waals surface area contributed by atoms with Crippen molar-refractivity contribution in [3.05, 3.63) is 65.7 Å². The third kappa shape index (κ3) is 3.04. The molecule has 3 heteroatoms. The maximum absolute atomic E-state index is 12.5. The van der Waals surface area contributed by atoms with Crippen molar-refractivity contribution in [3.63, 3.8) is 0 Å². The number of benzene rings is 2. The largest absolute Gasteiger partial charge is 0.497 e. The van der Waals surface area contributed by atoms with Crippen molar-refractivity contribution in [2.45, 2.75) is 12.3 Å². The Kier molecular flexibility index (Phi) is 4.52. The van der Waals surface area contributed by atoms with E-state index in [2.05, 4.69) is 6.07 Å². The van der Waals surface area contributed by atoms with E-state index in [-0.39, 0.29) is 12.2 Å². The third-order valence-electron chi connectivity index (χ3n) is 3.19. The SMILES string of the molecule is COc1ccc(C(=O)C(CC#N)c2ccccc2)cc1. The van der Waals surface area contributed by atoms with Gasteiger partial charge < -0.3 is 4.74 Å². The van der Waals surface area contributed by atoms with E-state index < -0.39 is 5.92 Å². The molecule has 0 saturated carbocycles. The van der Waals surface area contributed by atoms with Crippen LogP contribution < -0.4 is 4.74 Å². The fourth-order valence-electron chi connectivity index (χ4n) is 2.10. The Morgan fingerprint density at radius 3 is 2.35 bits per heavy atom. The Labute approximate surface area is 118 Å². The number of carbonyl (C=O) groups excluding carboxylic acids is 1. The monoisotopic (exact) mass is 265 g/mol. The second-order valence-electron chi connectivity index (χ2n) is 4.42. The maximum Gasteiger partial charge on any atom is 0.171 e. The van der Waals surface area contributed by atoms with Gasteiger partial charge in [-0.15, -0.1) is 0 Å². The van der Waals surface area contributed by atoms with E-state index in [1.54, 1.807) is 31.4 Å². The van der Waals surface area contributed by atoms with Gasteiger partial charge in [-0.25, -0.2) is 0 Å². The van der Waals surface area contributed by atoms with Crippen LogP contribution in [0.4, 0.5) is 0 Å². The average molecular weight is 265 g/mol. The first kappa shape index (κ1) is 13.8. The van der Waals surface area contributed by atoms with Gasteiger partial charge in [0.05, 0.1) is 19.1 Å². The predicted octanol–water partition coefficient (Wildman–Crippen LogP) is 3.58. The van der Waals surface area contributed by atoms with Gasteiger partial charge in [-0.2, -0.15) is 5.26 Å². The van der Waals surface area contributed by atoms with Crippen molar-refractivity contribution in [2.24, 2.45) is 0 Å².